The van der Waals surface area contributed by atoms with Crippen LogP contribution >= 0.6 is 0 Å². The number of carbonyl (C=O) groups is 2. The van der Waals surface area contributed by atoms with Crippen molar-refractivity contribution in [2.75, 3.05) is 32.5 Å². The second kappa shape index (κ2) is 7.58. The van der Waals surface area contributed by atoms with E-state index < -0.39 is 5.97 Å². The first kappa shape index (κ1) is 16.9. The van der Waals surface area contributed by atoms with Crippen molar-refractivity contribution in [3.63, 3.8) is 0 Å². The average Bonchev–Trinajstić information content (AvgIpc) is 2.38. The maximum absolute atomic E-state index is 12.3. The minimum atomic E-state index is -1.17. The minimum absolute atomic E-state index is 0.00921. The van der Waals surface area contributed by atoms with Gasteiger partial charge in [-0.25, -0.2) is 14.6 Å². The van der Waals surface area contributed by atoms with Crippen molar-refractivity contribution in [3.8, 4) is 0 Å². The zero-order chi connectivity index (χ0) is 16.0. The molecule has 1 unspecified atom stereocenters. The fraction of sp³-hybridized carbons (Fsp3) is 0.500. The molecule has 0 fully saturated rings. The highest BCUT2D eigenvalue weighted by atomic mass is 16.4. The van der Waals surface area contributed by atoms with Gasteiger partial charge in [0.05, 0.1) is 5.69 Å². The number of likely N-dealkylation sites (N-methyl/N-ethyl adjacent to an activating group) is 2. The highest BCUT2D eigenvalue weighted by Gasteiger charge is 2.21. The standard InChI is InChI=1S/C14H22N4O3/c1-5-18(10(2)9-17(3)4)14(21)16-11-7-6-8-15-12(11)13(19)20/h6-8,10H,5,9H2,1-4H3,(H,16,21)(H,19,20). The highest BCUT2D eigenvalue weighted by Crippen LogP contribution is 2.14. The number of anilines is 1. The van der Waals surface area contributed by atoms with Crippen molar-refractivity contribution in [1.29, 1.82) is 0 Å². The van der Waals surface area contributed by atoms with Gasteiger partial charge in [-0.2, -0.15) is 0 Å². The molecule has 0 radical (unpaired) electrons. The van der Waals surface area contributed by atoms with E-state index in [1.807, 2.05) is 32.8 Å². The van der Waals surface area contributed by atoms with Gasteiger partial charge in [-0.1, -0.05) is 0 Å². The van der Waals surface area contributed by atoms with Crippen molar-refractivity contribution in [2.45, 2.75) is 19.9 Å². The molecule has 1 atom stereocenters. The SMILES string of the molecule is CCN(C(=O)Nc1cccnc1C(=O)O)C(C)CN(C)C. The maximum Gasteiger partial charge on any atom is 0.356 e. The summed E-state index contributed by atoms with van der Waals surface area (Å²) in [6.07, 6.45) is 1.38. The molecule has 1 aromatic rings. The number of carboxylic acid groups (broad SMARTS) is 1. The van der Waals surface area contributed by atoms with E-state index in [1.165, 1.54) is 12.3 Å². The molecule has 7 nitrogen and oxygen atoms in total. The Bertz CT molecular complexity index is 505. The molecule has 0 aliphatic heterocycles. The van der Waals surface area contributed by atoms with Gasteiger partial charge >= 0.3 is 12.0 Å². The fourth-order valence-electron chi connectivity index (χ4n) is 2.15. The van der Waals surface area contributed by atoms with Crippen molar-refractivity contribution < 1.29 is 14.7 Å². The summed E-state index contributed by atoms with van der Waals surface area (Å²) >= 11 is 0. The number of carbonyl (C=O) groups excluding carboxylic acids is 1. The van der Waals surface area contributed by atoms with Crippen molar-refractivity contribution in [2.24, 2.45) is 0 Å². The number of aromatic nitrogens is 1. The predicted molar refractivity (Wildman–Crippen MR) is 80.6 cm³/mol. The number of nitrogens with one attached hydrogen (secondary N) is 1. The lowest BCUT2D eigenvalue weighted by Crippen LogP contribution is -2.45. The van der Waals surface area contributed by atoms with Crippen LogP contribution in [-0.2, 0) is 0 Å². The van der Waals surface area contributed by atoms with Crippen LogP contribution in [0, 0.1) is 0 Å². The molecular formula is C14H22N4O3. The van der Waals surface area contributed by atoms with E-state index >= 15 is 0 Å². The monoisotopic (exact) mass is 294 g/mol. The smallest absolute Gasteiger partial charge is 0.356 e. The van der Waals surface area contributed by atoms with Crippen LogP contribution in [0.25, 0.3) is 0 Å². The Kier molecular flexibility index (Phi) is 6.10. The molecule has 1 heterocycles. The molecule has 1 aromatic heterocycles. The fourth-order valence-corrected chi connectivity index (χ4v) is 2.15. The summed E-state index contributed by atoms with van der Waals surface area (Å²) in [6.45, 7) is 5.08. The lowest BCUT2D eigenvalue weighted by molar-refractivity contribution is 0.0691. The Morgan fingerprint density at radius 2 is 2.10 bits per heavy atom. The van der Waals surface area contributed by atoms with E-state index in [4.69, 9.17) is 5.11 Å². The Morgan fingerprint density at radius 3 is 2.62 bits per heavy atom. The van der Waals surface area contributed by atoms with Gasteiger partial charge in [0.1, 0.15) is 0 Å². The molecule has 0 saturated heterocycles. The average molecular weight is 294 g/mol. The largest absolute Gasteiger partial charge is 0.476 e. The molecule has 116 valence electrons. The second-order valence-electron chi connectivity index (χ2n) is 5.03. The van der Waals surface area contributed by atoms with Crippen LogP contribution in [-0.4, -0.2) is 65.1 Å². The van der Waals surface area contributed by atoms with Gasteiger partial charge in [-0.3, -0.25) is 0 Å². The normalized spacial score (nSPS) is 12.0. The summed E-state index contributed by atoms with van der Waals surface area (Å²) in [5, 5.41) is 11.7. The van der Waals surface area contributed by atoms with Gasteiger partial charge in [0, 0.05) is 25.3 Å². The Hall–Kier alpha value is -2.15. The number of hydrogen-bond acceptors (Lipinski definition) is 4. The molecule has 0 aliphatic carbocycles. The third kappa shape index (κ3) is 4.71. The van der Waals surface area contributed by atoms with Crippen LogP contribution in [0.15, 0.2) is 18.3 Å². The summed E-state index contributed by atoms with van der Waals surface area (Å²) in [4.78, 5) is 30.8. The summed E-state index contributed by atoms with van der Waals surface area (Å²) in [5.41, 5.74) is 0.0349. The summed E-state index contributed by atoms with van der Waals surface area (Å²) < 4.78 is 0. The van der Waals surface area contributed by atoms with Gasteiger partial charge in [0.25, 0.3) is 0 Å². The zero-order valence-corrected chi connectivity index (χ0v) is 12.8. The van der Waals surface area contributed by atoms with E-state index in [1.54, 1.807) is 11.0 Å². The lowest BCUT2D eigenvalue weighted by Gasteiger charge is -2.30. The van der Waals surface area contributed by atoms with Gasteiger partial charge in [-0.05, 0) is 40.1 Å². The molecule has 0 saturated carbocycles. The van der Waals surface area contributed by atoms with Crippen LogP contribution in [0.3, 0.4) is 0 Å². The topological polar surface area (TPSA) is 85.8 Å². The van der Waals surface area contributed by atoms with E-state index in [9.17, 15) is 9.59 Å². The van der Waals surface area contributed by atoms with Crippen LogP contribution in [0.4, 0.5) is 10.5 Å². The van der Waals surface area contributed by atoms with E-state index in [0.717, 1.165) is 6.54 Å². The number of urea groups is 1. The maximum atomic E-state index is 12.3. The van der Waals surface area contributed by atoms with Crippen molar-refractivity contribution >= 4 is 17.7 Å². The van der Waals surface area contributed by atoms with Gasteiger partial charge in [-0.15, -0.1) is 0 Å². The van der Waals surface area contributed by atoms with E-state index in [-0.39, 0.29) is 23.5 Å². The number of rotatable bonds is 6. The Morgan fingerprint density at radius 1 is 1.43 bits per heavy atom. The third-order valence-corrected chi connectivity index (χ3v) is 3.01. The molecule has 7 heteroatoms. The van der Waals surface area contributed by atoms with Crippen LogP contribution in [0.1, 0.15) is 24.3 Å². The number of amides is 2. The number of carboxylic acids is 1. The molecule has 0 spiro atoms. The molecule has 2 N–H and O–H groups in total. The summed E-state index contributed by atoms with van der Waals surface area (Å²) in [6, 6.07) is 2.79. The lowest BCUT2D eigenvalue weighted by atomic mass is 10.2. The van der Waals surface area contributed by atoms with Gasteiger partial charge in [0.15, 0.2) is 5.69 Å². The van der Waals surface area contributed by atoms with Crippen LogP contribution in [0.2, 0.25) is 0 Å². The summed E-state index contributed by atoms with van der Waals surface area (Å²) in [5.74, 6) is -1.17. The first-order valence-corrected chi connectivity index (χ1v) is 6.77. The first-order chi connectivity index (χ1) is 9.86. The molecular weight excluding hydrogens is 272 g/mol. The molecule has 2 amide bonds. The first-order valence-electron chi connectivity index (χ1n) is 6.77. The van der Waals surface area contributed by atoms with E-state index in [0.29, 0.717) is 6.54 Å². The van der Waals surface area contributed by atoms with Crippen molar-refractivity contribution in [1.82, 2.24) is 14.8 Å². The van der Waals surface area contributed by atoms with Crippen molar-refractivity contribution in [3.05, 3.63) is 24.0 Å². The van der Waals surface area contributed by atoms with Crippen LogP contribution in [0.5, 0.6) is 0 Å². The zero-order valence-electron chi connectivity index (χ0n) is 12.8. The summed E-state index contributed by atoms with van der Waals surface area (Å²) in [7, 11) is 3.87. The van der Waals surface area contributed by atoms with Crippen LogP contribution < -0.4 is 5.32 Å². The Labute approximate surface area is 124 Å². The number of hydrogen-bond donors (Lipinski definition) is 2. The third-order valence-electron chi connectivity index (χ3n) is 3.01. The molecule has 0 aliphatic rings. The predicted octanol–water partition coefficient (Wildman–Crippen LogP) is 1.58. The molecule has 0 bridgehead atoms. The molecule has 0 aromatic carbocycles. The Balaban J connectivity index is 2.86. The quantitative estimate of drug-likeness (QED) is 0.832. The number of aromatic carboxylic acids is 1. The number of pyridine rings is 1. The highest BCUT2D eigenvalue weighted by molar-refractivity contribution is 5.98. The van der Waals surface area contributed by atoms with Gasteiger partial charge in [0.2, 0.25) is 0 Å². The number of nitrogens with zero attached hydrogens (tertiary/aromatic N) is 3. The second-order valence-corrected chi connectivity index (χ2v) is 5.03. The van der Waals surface area contributed by atoms with E-state index in [2.05, 4.69) is 10.3 Å². The molecule has 21 heavy (non-hydrogen) atoms. The molecule has 1 rings (SSSR count). The van der Waals surface area contributed by atoms with Gasteiger partial charge < -0.3 is 20.2 Å². The minimum Gasteiger partial charge on any atom is -0.476 e.